The summed E-state index contributed by atoms with van der Waals surface area (Å²) >= 11 is 12.0. The topological polar surface area (TPSA) is 98.6 Å². The number of ether oxygens (including phenoxy) is 1. The number of nitrogens with one attached hydrogen (secondary N) is 1. The Morgan fingerprint density at radius 1 is 1.21 bits per heavy atom. The van der Waals surface area contributed by atoms with E-state index < -0.39 is 0 Å². The van der Waals surface area contributed by atoms with E-state index in [2.05, 4.69) is 20.4 Å². The number of anilines is 1. The summed E-state index contributed by atoms with van der Waals surface area (Å²) in [5.41, 5.74) is 7.43. The molecule has 148 valence electrons. The number of aromatic nitrogens is 2. The minimum atomic E-state index is 0. The smallest absolute Gasteiger partial charge is 0.228 e. The Kier molecular flexibility index (Phi) is 8.34. The van der Waals surface area contributed by atoms with Crippen LogP contribution in [-0.2, 0) is 6.42 Å². The number of methoxy groups -OCH3 is 1. The fourth-order valence-corrected chi connectivity index (χ4v) is 2.66. The highest BCUT2D eigenvalue weighted by molar-refractivity contribution is 14.0. The van der Waals surface area contributed by atoms with Crippen LogP contribution in [0.5, 0.6) is 5.75 Å². The monoisotopic (exact) mass is 533 g/mol. The van der Waals surface area contributed by atoms with Gasteiger partial charge in [0.2, 0.25) is 11.7 Å². The molecule has 7 nitrogen and oxygen atoms in total. The van der Waals surface area contributed by atoms with Gasteiger partial charge in [-0.15, -0.1) is 24.0 Å². The lowest BCUT2D eigenvalue weighted by atomic mass is 10.2. The van der Waals surface area contributed by atoms with Gasteiger partial charge in [-0.05, 0) is 42.5 Å². The SMILES string of the molecule is COc1ccc(NC(N)=NCCc2nc(-c3ccc(Cl)cc3)no2)cc1Cl.I. The maximum atomic E-state index is 6.08. The first-order chi connectivity index (χ1) is 13.0. The molecule has 3 aromatic rings. The number of nitrogens with two attached hydrogens (primary N) is 1. The minimum Gasteiger partial charge on any atom is -0.495 e. The predicted molar refractivity (Wildman–Crippen MR) is 122 cm³/mol. The molecule has 3 N–H and O–H groups in total. The average Bonchev–Trinajstić information content (AvgIpc) is 3.11. The molecule has 0 bridgehead atoms. The molecular weight excluding hydrogens is 516 g/mol. The van der Waals surface area contributed by atoms with Crippen molar-refractivity contribution in [2.24, 2.45) is 10.7 Å². The van der Waals surface area contributed by atoms with E-state index in [1.165, 1.54) is 0 Å². The molecule has 0 spiro atoms. The van der Waals surface area contributed by atoms with Gasteiger partial charge in [-0.1, -0.05) is 28.4 Å². The van der Waals surface area contributed by atoms with Gasteiger partial charge in [0.05, 0.1) is 18.7 Å². The summed E-state index contributed by atoms with van der Waals surface area (Å²) in [7, 11) is 1.56. The van der Waals surface area contributed by atoms with Crippen LogP contribution in [0.3, 0.4) is 0 Å². The second kappa shape index (κ2) is 10.5. The lowest BCUT2D eigenvalue weighted by molar-refractivity contribution is 0.380. The van der Waals surface area contributed by atoms with E-state index in [1.807, 2.05) is 12.1 Å². The number of rotatable bonds is 6. The highest BCUT2D eigenvalue weighted by Gasteiger charge is 2.08. The van der Waals surface area contributed by atoms with Crippen LogP contribution in [-0.4, -0.2) is 29.8 Å². The summed E-state index contributed by atoms with van der Waals surface area (Å²) < 4.78 is 10.3. The van der Waals surface area contributed by atoms with E-state index in [1.54, 1.807) is 37.4 Å². The third-order valence-corrected chi connectivity index (χ3v) is 4.15. The van der Waals surface area contributed by atoms with Crippen molar-refractivity contribution in [3.05, 3.63) is 58.4 Å². The molecule has 0 saturated carbocycles. The number of hydrogen-bond donors (Lipinski definition) is 2. The number of halogens is 3. The lowest BCUT2D eigenvalue weighted by Gasteiger charge is -2.08. The Bertz CT molecular complexity index is 947. The number of hydrogen-bond acceptors (Lipinski definition) is 5. The number of aliphatic imine (C=N–C) groups is 1. The Hall–Kier alpha value is -2.04. The van der Waals surface area contributed by atoms with Crippen LogP contribution in [0, 0.1) is 0 Å². The molecule has 0 aliphatic rings. The third-order valence-electron chi connectivity index (χ3n) is 3.60. The molecule has 0 radical (unpaired) electrons. The Morgan fingerprint density at radius 3 is 2.64 bits per heavy atom. The Labute approximate surface area is 189 Å². The van der Waals surface area contributed by atoms with E-state index in [0.717, 1.165) is 5.56 Å². The van der Waals surface area contributed by atoms with Crippen LogP contribution >= 0.6 is 47.2 Å². The maximum Gasteiger partial charge on any atom is 0.228 e. The van der Waals surface area contributed by atoms with Gasteiger partial charge in [-0.25, -0.2) is 0 Å². The van der Waals surface area contributed by atoms with Crippen molar-refractivity contribution < 1.29 is 9.26 Å². The molecule has 3 rings (SSSR count). The van der Waals surface area contributed by atoms with E-state index in [4.69, 9.17) is 38.2 Å². The van der Waals surface area contributed by atoms with Crippen LogP contribution in [0.15, 0.2) is 52.0 Å². The van der Waals surface area contributed by atoms with Crippen molar-refractivity contribution in [1.29, 1.82) is 0 Å². The molecule has 0 atom stereocenters. The molecule has 0 fully saturated rings. The lowest BCUT2D eigenvalue weighted by Crippen LogP contribution is -2.23. The summed E-state index contributed by atoms with van der Waals surface area (Å²) in [6.45, 7) is 0.394. The maximum absolute atomic E-state index is 6.08. The Morgan fingerprint density at radius 2 is 1.96 bits per heavy atom. The van der Waals surface area contributed by atoms with Gasteiger partial charge in [0.15, 0.2) is 5.96 Å². The first-order valence-corrected chi connectivity index (χ1v) is 8.80. The quantitative estimate of drug-likeness (QED) is 0.272. The van der Waals surface area contributed by atoms with Crippen LogP contribution in [0.2, 0.25) is 10.0 Å². The van der Waals surface area contributed by atoms with Gasteiger partial charge in [-0.3, -0.25) is 4.99 Å². The molecule has 1 heterocycles. The molecule has 0 saturated heterocycles. The standard InChI is InChI=1S/C18H17Cl2N5O2.HI/c1-26-15-7-6-13(10-14(15)20)23-18(21)22-9-8-16-24-17(25-27-16)11-2-4-12(19)5-3-11;/h2-7,10H,8-9H2,1H3,(H3,21,22,23);1H. The largest absolute Gasteiger partial charge is 0.495 e. The first kappa shape index (κ1) is 22.3. The summed E-state index contributed by atoms with van der Waals surface area (Å²) in [5, 5.41) is 8.05. The highest BCUT2D eigenvalue weighted by atomic mass is 127. The van der Waals surface area contributed by atoms with Crippen LogP contribution in [0.4, 0.5) is 5.69 Å². The number of nitrogens with zero attached hydrogens (tertiary/aromatic N) is 3. The average molecular weight is 534 g/mol. The Balaban J connectivity index is 0.00000280. The van der Waals surface area contributed by atoms with Crippen molar-refractivity contribution in [3.8, 4) is 17.1 Å². The van der Waals surface area contributed by atoms with Crippen molar-refractivity contribution >= 4 is 58.8 Å². The highest BCUT2D eigenvalue weighted by Crippen LogP contribution is 2.27. The molecule has 0 aliphatic carbocycles. The fourth-order valence-electron chi connectivity index (χ4n) is 2.28. The van der Waals surface area contributed by atoms with Gasteiger partial charge < -0.3 is 20.3 Å². The van der Waals surface area contributed by atoms with Crippen molar-refractivity contribution in [3.63, 3.8) is 0 Å². The zero-order valence-electron chi connectivity index (χ0n) is 14.9. The van der Waals surface area contributed by atoms with Crippen LogP contribution in [0.1, 0.15) is 5.89 Å². The number of guanidine groups is 1. The van der Waals surface area contributed by atoms with Crippen LogP contribution in [0.25, 0.3) is 11.4 Å². The second-order valence-electron chi connectivity index (χ2n) is 5.51. The van der Waals surface area contributed by atoms with Gasteiger partial charge in [0.25, 0.3) is 0 Å². The fraction of sp³-hybridized carbons (Fsp3) is 0.167. The normalized spacial score (nSPS) is 11.0. The zero-order valence-corrected chi connectivity index (χ0v) is 18.7. The molecule has 0 amide bonds. The van der Waals surface area contributed by atoms with Gasteiger partial charge in [0, 0.05) is 22.7 Å². The van der Waals surface area contributed by atoms with Crippen molar-refractivity contribution in [1.82, 2.24) is 10.1 Å². The van der Waals surface area contributed by atoms with Crippen molar-refractivity contribution in [2.75, 3.05) is 19.0 Å². The summed E-state index contributed by atoms with van der Waals surface area (Å²) in [6.07, 6.45) is 0.465. The van der Waals surface area contributed by atoms with E-state index in [-0.39, 0.29) is 29.9 Å². The minimum absolute atomic E-state index is 0. The number of benzene rings is 2. The summed E-state index contributed by atoms with van der Waals surface area (Å²) in [4.78, 5) is 8.58. The molecule has 0 unspecified atom stereocenters. The zero-order chi connectivity index (χ0) is 19.2. The van der Waals surface area contributed by atoms with E-state index in [9.17, 15) is 0 Å². The molecular formula is C18H18Cl2IN5O2. The van der Waals surface area contributed by atoms with Gasteiger partial charge >= 0.3 is 0 Å². The molecule has 1 aromatic heterocycles. The molecule has 10 heteroatoms. The summed E-state index contributed by atoms with van der Waals surface area (Å²) in [5.74, 6) is 1.83. The molecule has 0 aliphatic heterocycles. The predicted octanol–water partition coefficient (Wildman–Crippen LogP) is 4.64. The van der Waals surface area contributed by atoms with E-state index >= 15 is 0 Å². The molecule has 28 heavy (non-hydrogen) atoms. The van der Waals surface area contributed by atoms with Gasteiger partial charge in [0.1, 0.15) is 5.75 Å². The molecule has 2 aromatic carbocycles. The van der Waals surface area contributed by atoms with Crippen LogP contribution < -0.4 is 15.8 Å². The van der Waals surface area contributed by atoms with E-state index in [0.29, 0.717) is 46.2 Å². The first-order valence-electron chi connectivity index (χ1n) is 8.04. The third kappa shape index (κ3) is 5.98. The second-order valence-corrected chi connectivity index (χ2v) is 6.35. The summed E-state index contributed by atoms with van der Waals surface area (Å²) in [6, 6.07) is 12.5. The van der Waals surface area contributed by atoms with Gasteiger partial charge in [-0.2, -0.15) is 4.98 Å². The van der Waals surface area contributed by atoms with Crippen molar-refractivity contribution in [2.45, 2.75) is 6.42 Å².